The molecule has 0 saturated carbocycles. The van der Waals surface area contributed by atoms with E-state index in [4.69, 9.17) is 24.2 Å². The number of benzene rings is 1. The van der Waals surface area contributed by atoms with Gasteiger partial charge in [-0.2, -0.15) is 26.3 Å². The number of carboxylic acids is 2. The maximum Gasteiger partial charge on any atom is 0.490 e. The third-order valence-corrected chi connectivity index (χ3v) is 5.33. The van der Waals surface area contributed by atoms with E-state index in [1.807, 2.05) is 6.08 Å². The Morgan fingerprint density at radius 2 is 1.32 bits per heavy atom. The minimum atomic E-state index is -5.08. The van der Waals surface area contributed by atoms with Gasteiger partial charge in [0.1, 0.15) is 11.6 Å². The zero-order chi connectivity index (χ0) is 30.8. The van der Waals surface area contributed by atoms with Gasteiger partial charge in [-0.25, -0.2) is 14.0 Å². The highest BCUT2D eigenvalue weighted by Gasteiger charge is 2.38. The molecule has 0 unspecified atom stereocenters. The standard InChI is InChI=1S/C21H22FN3O2.2C2HF3O2/c22-18-13-16(1-2-17(18)14-5-9-23-10-6-14)25-21(26)20-4-3-19(27-20)15-7-11-24-12-8-15;2*3-2(4,5)1(6)7/h1-5,7,13,23-24H,6,8-12H2,(H,25,26);2*(H,6,7). The third kappa shape index (κ3) is 10.7. The molecule has 9 nitrogen and oxygen atoms in total. The molecule has 5 N–H and O–H groups in total. The molecule has 1 amide bonds. The molecular formula is C25H24F7N3O6. The maximum absolute atomic E-state index is 14.5. The van der Waals surface area contributed by atoms with Crippen molar-refractivity contribution in [2.45, 2.75) is 25.2 Å². The monoisotopic (exact) mass is 595 g/mol. The lowest BCUT2D eigenvalue weighted by Gasteiger charge is -2.15. The molecule has 41 heavy (non-hydrogen) atoms. The van der Waals surface area contributed by atoms with Crippen molar-refractivity contribution in [2.75, 3.05) is 31.5 Å². The first-order valence-corrected chi connectivity index (χ1v) is 11.7. The predicted molar refractivity (Wildman–Crippen MR) is 131 cm³/mol. The van der Waals surface area contributed by atoms with Crippen molar-refractivity contribution in [1.82, 2.24) is 10.6 Å². The largest absolute Gasteiger partial charge is 0.490 e. The second-order valence-corrected chi connectivity index (χ2v) is 8.29. The zero-order valence-corrected chi connectivity index (χ0v) is 21.0. The van der Waals surface area contributed by atoms with Crippen molar-refractivity contribution in [2.24, 2.45) is 0 Å². The number of furan rings is 1. The summed E-state index contributed by atoms with van der Waals surface area (Å²) < 4.78 is 83.6. The molecule has 0 atom stereocenters. The number of carboxylic acid groups (broad SMARTS) is 2. The minimum Gasteiger partial charge on any atom is -0.475 e. The SMILES string of the molecule is O=C(Nc1ccc(C2=CCNCC2)c(F)c1)c1ccc(C2=CCNCC2)o1.O=C(O)C(F)(F)F.O=C(O)C(F)(F)F. The van der Waals surface area contributed by atoms with E-state index in [9.17, 15) is 35.5 Å². The summed E-state index contributed by atoms with van der Waals surface area (Å²) in [5.41, 5.74) is 3.09. The summed E-state index contributed by atoms with van der Waals surface area (Å²) in [5, 5.41) is 23.4. The van der Waals surface area contributed by atoms with Crippen LogP contribution in [0.4, 0.5) is 36.4 Å². The number of rotatable bonds is 4. The Hall–Kier alpha value is -4.18. The second kappa shape index (κ2) is 14.5. The smallest absolute Gasteiger partial charge is 0.475 e. The minimum absolute atomic E-state index is 0.218. The Balaban J connectivity index is 0.000000349. The molecule has 224 valence electrons. The Morgan fingerprint density at radius 3 is 1.76 bits per heavy atom. The van der Waals surface area contributed by atoms with Crippen LogP contribution in [0.15, 0.2) is 46.9 Å². The summed E-state index contributed by atoms with van der Waals surface area (Å²) in [4.78, 5) is 30.2. The van der Waals surface area contributed by atoms with E-state index in [-0.39, 0.29) is 17.5 Å². The fourth-order valence-electron chi connectivity index (χ4n) is 3.39. The Labute approximate surface area is 227 Å². The van der Waals surface area contributed by atoms with Crippen LogP contribution in [0.3, 0.4) is 0 Å². The molecule has 0 fully saturated rings. The lowest BCUT2D eigenvalue weighted by Crippen LogP contribution is -2.21. The lowest BCUT2D eigenvalue weighted by atomic mass is 9.99. The molecule has 4 rings (SSSR count). The molecule has 0 aliphatic carbocycles. The van der Waals surface area contributed by atoms with Crippen LogP contribution in [0.1, 0.15) is 34.7 Å². The molecule has 3 heterocycles. The summed E-state index contributed by atoms with van der Waals surface area (Å²) >= 11 is 0. The fourth-order valence-corrected chi connectivity index (χ4v) is 3.39. The quantitative estimate of drug-likeness (QED) is 0.321. The Kier molecular flexibility index (Phi) is 11.6. The van der Waals surface area contributed by atoms with Gasteiger partial charge in [0.2, 0.25) is 0 Å². The van der Waals surface area contributed by atoms with Crippen LogP contribution < -0.4 is 16.0 Å². The highest BCUT2D eigenvalue weighted by atomic mass is 19.4. The van der Waals surface area contributed by atoms with E-state index >= 15 is 0 Å². The number of anilines is 1. The van der Waals surface area contributed by atoms with Gasteiger partial charge in [-0.15, -0.1) is 0 Å². The maximum atomic E-state index is 14.5. The first kappa shape index (κ1) is 33.0. The van der Waals surface area contributed by atoms with E-state index < -0.39 is 24.3 Å². The highest BCUT2D eigenvalue weighted by Crippen LogP contribution is 2.26. The first-order chi connectivity index (χ1) is 19.1. The van der Waals surface area contributed by atoms with Crippen molar-refractivity contribution in [3.63, 3.8) is 0 Å². The number of nitrogens with one attached hydrogen (secondary N) is 3. The van der Waals surface area contributed by atoms with Gasteiger partial charge in [-0.05, 0) is 67.4 Å². The number of halogens is 7. The molecule has 2 aliphatic heterocycles. The fraction of sp³-hybridized carbons (Fsp3) is 0.320. The van der Waals surface area contributed by atoms with Crippen molar-refractivity contribution >= 4 is 34.7 Å². The van der Waals surface area contributed by atoms with Crippen LogP contribution >= 0.6 is 0 Å². The van der Waals surface area contributed by atoms with E-state index in [0.717, 1.165) is 50.2 Å². The van der Waals surface area contributed by atoms with Gasteiger partial charge in [-0.1, -0.05) is 12.2 Å². The molecule has 0 bridgehead atoms. The number of aliphatic carboxylic acids is 2. The van der Waals surface area contributed by atoms with E-state index in [1.165, 1.54) is 6.07 Å². The van der Waals surface area contributed by atoms with E-state index in [1.54, 1.807) is 24.3 Å². The van der Waals surface area contributed by atoms with Crippen molar-refractivity contribution in [3.8, 4) is 0 Å². The van der Waals surface area contributed by atoms with Gasteiger partial charge in [-0.3, -0.25) is 4.79 Å². The zero-order valence-electron chi connectivity index (χ0n) is 21.0. The second-order valence-electron chi connectivity index (χ2n) is 8.29. The average Bonchev–Trinajstić information content (AvgIpc) is 3.40. The Bertz CT molecular complexity index is 1280. The van der Waals surface area contributed by atoms with E-state index in [0.29, 0.717) is 17.0 Å². The molecule has 1 aromatic heterocycles. The van der Waals surface area contributed by atoms with Crippen molar-refractivity contribution < 1.29 is 59.7 Å². The van der Waals surface area contributed by atoms with Crippen LogP contribution in [0.5, 0.6) is 0 Å². The van der Waals surface area contributed by atoms with Gasteiger partial charge in [0, 0.05) is 24.3 Å². The Morgan fingerprint density at radius 1 is 0.805 bits per heavy atom. The van der Waals surface area contributed by atoms with Crippen LogP contribution in [0.25, 0.3) is 11.1 Å². The molecule has 0 saturated heterocycles. The molecule has 2 aromatic rings. The molecule has 0 radical (unpaired) electrons. The molecular weight excluding hydrogens is 571 g/mol. The van der Waals surface area contributed by atoms with Crippen LogP contribution in [0, 0.1) is 5.82 Å². The van der Waals surface area contributed by atoms with E-state index in [2.05, 4.69) is 22.0 Å². The predicted octanol–water partition coefficient (Wildman–Crippen LogP) is 4.69. The number of amides is 1. The highest BCUT2D eigenvalue weighted by molar-refractivity contribution is 6.02. The number of hydrogen-bond acceptors (Lipinski definition) is 6. The topological polar surface area (TPSA) is 141 Å². The number of hydrogen-bond donors (Lipinski definition) is 5. The lowest BCUT2D eigenvalue weighted by molar-refractivity contribution is -0.193. The normalized spacial score (nSPS) is 15.2. The summed E-state index contributed by atoms with van der Waals surface area (Å²) in [7, 11) is 0. The third-order valence-electron chi connectivity index (χ3n) is 5.33. The number of alkyl halides is 6. The molecule has 16 heteroatoms. The number of carbonyl (C=O) groups excluding carboxylic acids is 1. The van der Waals surface area contributed by atoms with Crippen LogP contribution in [-0.2, 0) is 9.59 Å². The van der Waals surface area contributed by atoms with Crippen LogP contribution in [0.2, 0.25) is 0 Å². The van der Waals surface area contributed by atoms with Gasteiger partial charge >= 0.3 is 24.3 Å². The van der Waals surface area contributed by atoms with Gasteiger partial charge < -0.3 is 30.6 Å². The van der Waals surface area contributed by atoms with Crippen LogP contribution in [-0.4, -0.2) is 66.6 Å². The van der Waals surface area contributed by atoms with Crippen molar-refractivity contribution in [3.05, 3.63) is 65.4 Å². The summed E-state index contributed by atoms with van der Waals surface area (Å²) in [5.74, 6) is -5.30. The summed E-state index contributed by atoms with van der Waals surface area (Å²) in [6.45, 7) is 3.29. The molecule has 2 aliphatic rings. The van der Waals surface area contributed by atoms with Gasteiger partial charge in [0.15, 0.2) is 5.76 Å². The number of carbonyl (C=O) groups is 3. The first-order valence-electron chi connectivity index (χ1n) is 11.7. The summed E-state index contributed by atoms with van der Waals surface area (Å²) in [6.07, 6.45) is -4.44. The average molecular weight is 595 g/mol. The van der Waals surface area contributed by atoms with Crippen molar-refractivity contribution in [1.29, 1.82) is 0 Å². The van der Waals surface area contributed by atoms with Gasteiger partial charge in [0.05, 0.1) is 0 Å². The molecule has 0 spiro atoms. The molecule has 1 aromatic carbocycles. The summed E-state index contributed by atoms with van der Waals surface area (Å²) in [6, 6.07) is 8.25. The van der Waals surface area contributed by atoms with Gasteiger partial charge in [0.25, 0.3) is 5.91 Å².